The van der Waals surface area contributed by atoms with E-state index in [0.29, 0.717) is 5.56 Å². The van der Waals surface area contributed by atoms with Crippen molar-refractivity contribution in [2.24, 2.45) is 0 Å². The Hall–Kier alpha value is -2.17. The van der Waals surface area contributed by atoms with Crippen molar-refractivity contribution in [1.82, 2.24) is 0 Å². The predicted molar refractivity (Wildman–Crippen MR) is 67.6 cm³/mol. The van der Waals surface area contributed by atoms with Gasteiger partial charge < -0.3 is 14.9 Å². The molecule has 2 atom stereocenters. The average molecular weight is 256 g/mol. The Labute approximate surface area is 109 Å². The molecular formula is C15H12O4. The van der Waals surface area contributed by atoms with Crippen molar-refractivity contribution in [1.29, 1.82) is 0 Å². The molecule has 1 aliphatic heterocycles. The van der Waals surface area contributed by atoms with Crippen LogP contribution in [0.3, 0.4) is 0 Å². The van der Waals surface area contributed by atoms with Gasteiger partial charge in [-0.25, -0.2) is 0 Å². The zero-order chi connectivity index (χ0) is 13.5. The van der Waals surface area contributed by atoms with Crippen molar-refractivity contribution in [2.75, 3.05) is 0 Å². The minimum atomic E-state index is -1.58. The third kappa shape index (κ3) is 1.91. The predicted octanol–water partition coefficient (Wildman–Crippen LogP) is 1.82. The molecule has 4 heteroatoms. The van der Waals surface area contributed by atoms with Gasteiger partial charge in [-0.1, -0.05) is 42.5 Å². The lowest BCUT2D eigenvalue weighted by atomic mass is 10.00. The first-order valence-corrected chi connectivity index (χ1v) is 5.91. The molecule has 1 aliphatic rings. The van der Waals surface area contributed by atoms with Gasteiger partial charge in [0.15, 0.2) is 6.10 Å². The Morgan fingerprint density at radius 2 is 1.68 bits per heavy atom. The maximum Gasteiger partial charge on any atom is 0.228 e. The van der Waals surface area contributed by atoms with Crippen LogP contribution in [-0.2, 0) is 10.5 Å². The molecule has 0 aromatic heterocycles. The second-order valence-electron chi connectivity index (χ2n) is 4.44. The first kappa shape index (κ1) is 11.9. The first-order chi connectivity index (χ1) is 9.13. The Morgan fingerprint density at radius 3 is 2.37 bits per heavy atom. The first-order valence-electron chi connectivity index (χ1n) is 5.91. The van der Waals surface area contributed by atoms with Gasteiger partial charge in [0.2, 0.25) is 11.6 Å². The van der Waals surface area contributed by atoms with E-state index in [1.165, 1.54) is 12.1 Å². The molecule has 2 aromatic rings. The molecule has 0 spiro atoms. The van der Waals surface area contributed by atoms with Gasteiger partial charge in [0.25, 0.3) is 0 Å². The van der Waals surface area contributed by atoms with Crippen LogP contribution in [0.4, 0.5) is 0 Å². The maximum absolute atomic E-state index is 12.2. The van der Waals surface area contributed by atoms with E-state index >= 15 is 0 Å². The number of phenolic OH excluding ortho intramolecular Hbond substituents is 1. The van der Waals surface area contributed by atoms with Gasteiger partial charge in [0.05, 0.1) is 5.56 Å². The lowest BCUT2D eigenvalue weighted by Crippen LogP contribution is -2.19. The van der Waals surface area contributed by atoms with E-state index in [1.54, 1.807) is 36.4 Å². The molecule has 0 radical (unpaired) electrons. The summed E-state index contributed by atoms with van der Waals surface area (Å²) in [5.41, 5.74) is 0.683. The molecule has 19 heavy (non-hydrogen) atoms. The normalized spacial score (nSPS) is 25.0. The van der Waals surface area contributed by atoms with E-state index in [1.807, 2.05) is 6.07 Å². The second kappa shape index (κ2) is 4.19. The third-order valence-electron chi connectivity index (χ3n) is 3.19. The summed E-state index contributed by atoms with van der Waals surface area (Å²) in [5, 5.41) is 19.9. The Kier molecular flexibility index (Phi) is 2.62. The van der Waals surface area contributed by atoms with Crippen molar-refractivity contribution < 1.29 is 19.7 Å². The number of hydrogen-bond acceptors (Lipinski definition) is 4. The van der Waals surface area contributed by atoms with Gasteiger partial charge in [0.1, 0.15) is 5.75 Å². The van der Waals surface area contributed by atoms with E-state index in [0.717, 1.165) is 0 Å². The number of benzene rings is 2. The second-order valence-corrected chi connectivity index (χ2v) is 4.44. The fraction of sp³-hybridized carbons (Fsp3) is 0.133. The number of aliphatic hydroxyl groups is 1. The number of phenols is 1. The quantitative estimate of drug-likeness (QED) is 0.649. The molecule has 1 heterocycles. The monoisotopic (exact) mass is 256 g/mol. The van der Waals surface area contributed by atoms with Gasteiger partial charge in [-0.05, 0) is 12.1 Å². The summed E-state index contributed by atoms with van der Waals surface area (Å²) < 4.78 is 5.16. The van der Waals surface area contributed by atoms with E-state index in [9.17, 15) is 15.0 Å². The number of carbonyl (C=O) groups excluding carboxylic acids is 1. The van der Waals surface area contributed by atoms with Crippen LogP contribution < -0.4 is 0 Å². The minimum Gasteiger partial charge on any atom is -0.507 e. The zero-order valence-electron chi connectivity index (χ0n) is 9.98. The summed E-state index contributed by atoms with van der Waals surface area (Å²) in [6, 6.07) is 14.9. The Morgan fingerprint density at radius 1 is 1.05 bits per heavy atom. The summed E-state index contributed by atoms with van der Waals surface area (Å²) in [5.74, 6) is -2.12. The van der Waals surface area contributed by atoms with E-state index in [2.05, 4.69) is 0 Å². The minimum absolute atomic E-state index is 0.113. The van der Waals surface area contributed by atoms with E-state index in [-0.39, 0.29) is 11.3 Å². The number of ether oxygens (including phenoxy) is 1. The Balaban J connectivity index is 1.87. The van der Waals surface area contributed by atoms with Gasteiger partial charge >= 0.3 is 0 Å². The van der Waals surface area contributed by atoms with Crippen LogP contribution in [0, 0.1) is 0 Å². The van der Waals surface area contributed by atoms with Crippen molar-refractivity contribution in [3.63, 3.8) is 0 Å². The molecule has 0 bridgehead atoms. The number of hydrogen-bond donors (Lipinski definition) is 2. The number of rotatable bonds is 3. The summed E-state index contributed by atoms with van der Waals surface area (Å²) in [7, 11) is 0. The molecule has 1 fully saturated rings. The molecule has 0 saturated carbocycles. The zero-order valence-corrected chi connectivity index (χ0v) is 9.98. The van der Waals surface area contributed by atoms with Crippen molar-refractivity contribution in [3.8, 4) is 5.75 Å². The lowest BCUT2D eigenvalue weighted by Gasteiger charge is -2.05. The molecule has 2 unspecified atom stereocenters. The highest BCUT2D eigenvalue weighted by Gasteiger charge is 2.61. The smallest absolute Gasteiger partial charge is 0.228 e. The number of ketones is 1. The van der Waals surface area contributed by atoms with Crippen LogP contribution in [0.5, 0.6) is 5.75 Å². The van der Waals surface area contributed by atoms with Gasteiger partial charge in [-0.3, -0.25) is 4.79 Å². The summed E-state index contributed by atoms with van der Waals surface area (Å²) in [4.78, 5) is 12.2. The molecule has 4 nitrogen and oxygen atoms in total. The van der Waals surface area contributed by atoms with Crippen molar-refractivity contribution >= 4 is 5.78 Å². The molecule has 2 aromatic carbocycles. The van der Waals surface area contributed by atoms with Gasteiger partial charge in [-0.2, -0.15) is 0 Å². The van der Waals surface area contributed by atoms with Crippen LogP contribution in [-0.4, -0.2) is 22.1 Å². The molecular weight excluding hydrogens is 244 g/mol. The number of epoxide rings is 1. The largest absolute Gasteiger partial charge is 0.507 e. The fourth-order valence-corrected chi connectivity index (χ4v) is 2.10. The number of carbonyl (C=O) groups is 1. The van der Waals surface area contributed by atoms with Gasteiger partial charge in [-0.15, -0.1) is 0 Å². The highest BCUT2D eigenvalue weighted by molar-refractivity contribution is 6.03. The molecule has 3 rings (SSSR count). The van der Waals surface area contributed by atoms with E-state index in [4.69, 9.17) is 4.74 Å². The number of aromatic hydroxyl groups is 1. The van der Waals surface area contributed by atoms with E-state index < -0.39 is 17.7 Å². The average Bonchev–Trinajstić information content (AvgIpc) is 3.13. The SMILES string of the molecule is O=C(c1ccccc1O)C1OC1(O)c1ccccc1. The molecule has 1 saturated heterocycles. The third-order valence-corrected chi connectivity index (χ3v) is 3.19. The van der Waals surface area contributed by atoms with Crippen LogP contribution in [0.1, 0.15) is 15.9 Å². The maximum atomic E-state index is 12.2. The Bertz CT molecular complexity index is 623. The van der Waals surface area contributed by atoms with Crippen LogP contribution in [0.25, 0.3) is 0 Å². The van der Waals surface area contributed by atoms with Crippen LogP contribution in [0.2, 0.25) is 0 Å². The topological polar surface area (TPSA) is 70.1 Å². The summed E-state index contributed by atoms with van der Waals surface area (Å²) in [6.07, 6.45) is -0.969. The number of Topliss-reactive ketones (excluding diaryl/α,β-unsaturated/α-hetero) is 1. The summed E-state index contributed by atoms with van der Waals surface area (Å²) >= 11 is 0. The lowest BCUT2D eigenvalue weighted by molar-refractivity contribution is 0.0333. The number of para-hydroxylation sites is 1. The van der Waals surface area contributed by atoms with Crippen LogP contribution in [0.15, 0.2) is 54.6 Å². The van der Waals surface area contributed by atoms with Crippen molar-refractivity contribution in [3.05, 3.63) is 65.7 Å². The highest BCUT2D eigenvalue weighted by Crippen LogP contribution is 2.45. The van der Waals surface area contributed by atoms with Crippen LogP contribution >= 0.6 is 0 Å². The molecule has 96 valence electrons. The van der Waals surface area contributed by atoms with Gasteiger partial charge in [0, 0.05) is 5.56 Å². The molecule has 2 N–H and O–H groups in total. The molecule has 0 amide bonds. The molecule has 0 aliphatic carbocycles. The van der Waals surface area contributed by atoms with Crippen molar-refractivity contribution in [2.45, 2.75) is 11.9 Å². The summed E-state index contributed by atoms with van der Waals surface area (Å²) in [6.45, 7) is 0. The highest BCUT2D eigenvalue weighted by atomic mass is 16.7. The standard InChI is InChI=1S/C15H12O4/c16-12-9-5-4-8-11(12)13(17)14-15(18,19-14)10-6-2-1-3-7-10/h1-9,14,16,18H. The fourth-order valence-electron chi connectivity index (χ4n) is 2.10.